The number of rotatable bonds is 5. The first-order valence-corrected chi connectivity index (χ1v) is 8.75. The second-order valence-electron chi connectivity index (χ2n) is 5.86. The zero-order chi connectivity index (χ0) is 15.2. The Kier molecular flexibility index (Phi) is 5.24. The molecule has 22 heavy (non-hydrogen) atoms. The Morgan fingerprint density at radius 2 is 2.09 bits per heavy atom. The lowest BCUT2D eigenvalue weighted by atomic mass is 9.96. The van der Waals surface area contributed by atoms with Crippen LogP contribution in [-0.4, -0.2) is 23.9 Å². The van der Waals surface area contributed by atoms with Crippen LogP contribution < -0.4 is 5.32 Å². The number of amides is 1. The fourth-order valence-corrected chi connectivity index (χ4v) is 3.63. The van der Waals surface area contributed by atoms with E-state index < -0.39 is 0 Å². The summed E-state index contributed by atoms with van der Waals surface area (Å²) in [6.07, 6.45) is 2.10. The third-order valence-corrected chi connectivity index (χ3v) is 5.02. The first kappa shape index (κ1) is 15.3. The predicted octanol–water partition coefficient (Wildman–Crippen LogP) is 3.28. The van der Waals surface area contributed by atoms with Gasteiger partial charge in [0.15, 0.2) is 0 Å². The first-order valence-electron chi connectivity index (χ1n) is 7.87. The summed E-state index contributed by atoms with van der Waals surface area (Å²) in [6.45, 7) is 3.55. The van der Waals surface area contributed by atoms with Crippen molar-refractivity contribution >= 4 is 17.2 Å². The molecule has 2 aromatic rings. The summed E-state index contributed by atoms with van der Waals surface area (Å²) in [6, 6.07) is 14.6. The summed E-state index contributed by atoms with van der Waals surface area (Å²) in [5.74, 6) is 0.323. The molecule has 1 atom stereocenters. The van der Waals surface area contributed by atoms with Gasteiger partial charge in [-0.15, -0.1) is 11.3 Å². The number of nitrogens with zero attached hydrogens (tertiary/aromatic N) is 1. The fourth-order valence-electron chi connectivity index (χ4n) is 2.99. The third kappa shape index (κ3) is 4.18. The summed E-state index contributed by atoms with van der Waals surface area (Å²) in [5, 5.41) is 5.13. The lowest BCUT2D eigenvalue weighted by Crippen LogP contribution is -2.42. The van der Waals surface area contributed by atoms with Gasteiger partial charge in [-0.2, -0.15) is 0 Å². The first-order chi connectivity index (χ1) is 10.8. The number of likely N-dealkylation sites (tertiary alicyclic amines) is 1. The molecule has 1 saturated heterocycles. The molecule has 2 heterocycles. The standard InChI is InChI=1S/C18H22N2OS/c21-18(19-12-17-9-5-11-22-17)16-8-4-10-20(14-16)13-15-6-2-1-3-7-15/h1-3,5-7,9,11,16H,4,8,10,12-14H2,(H,19,21). The molecule has 1 aromatic carbocycles. The van der Waals surface area contributed by atoms with Gasteiger partial charge in [0.25, 0.3) is 0 Å². The number of piperidine rings is 1. The molecule has 3 rings (SSSR count). The number of benzene rings is 1. The Labute approximate surface area is 136 Å². The molecule has 1 aromatic heterocycles. The van der Waals surface area contributed by atoms with E-state index in [-0.39, 0.29) is 11.8 Å². The molecule has 0 spiro atoms. The van der Waals surface area contributed by atoms with Gasteiger partial charge in [-0.25, -0.2) is 0 Å². The van der Waals surface area contributed by atoms with Crippen LogP contribution in [0.2, 0.25) is 0 Å². The van der Waals surface area contributed by atoms with E-state index in [4.69, 9.17) is 0 Å². The Morgan fingerprint density at radius 3 is 2.86 bits per heavy atom. The molecule has 1 N–H and O–H groups in total. The summed E-state index contributed by atoms with van der Waals surface area (Å²) in [7, 11) is 0. The quantitative estimate of drug-likeness (QED) is 0.918. The van der Waals surface area contributed by atoms with E-state index in [0.717, 1.165) is 32.5 Å². The van der Waals surface area contributed by atoms with E-state index in [2.05, 4.69) is 40.5 Å². The minimum atomic E-state index is 0.123. The maximum absolute atomic E-state index is 12.4. The molecule has 1 aliphatic rings. The number of hydrogen-bond donors (Lipinski definition) is 1. The number of carbonyl (C=O) groups excluding carboxylic acids is 1. The van der Waals surface area contributed by atoms with E-state index in [0.29, 0.717) is 6.54 Å². The van der Waals surface area contributed by atoms with Crippen LogP contribution in [0.15, 0.2) is 47.8 Å². The van der Waals surface area contributed by atoms with Crippen molar-refractivity contribution < 1.29 is 4.79 Å². The largest absolute Gasteiger partial charge is 0.351 e. The second kappa shape index (κ2) is 7.56. The van der Waals surface area contributed by atoms with Crippen LogP contribution in [0.25, 0.3) is 0 Å². The van der Waals surface area contributed by atoms with Crippen molar-refractivity contribution in [2.75, 3.05) is 13.1 Å². The lowest BCUT2D eigenvalue weighted by Gasteiger charge is -2.32. The van der Waals surface area contributed by atoms with E-state index in [1.165, 1.54) is 10.4 Å². The second-order valence-corrected chi connectivity index (χ2v) is 6.89. The van der Waals surface area contributed by atoms with Gasteiger partial charge >= 0.3 is 0 Å². The van der Waals surface area contributed by atoms with Crippen molar-refractivity contribution in [3.63, 3.8) is 0 Å². The van der Waals surface area contributed by atoms with Crippen LogP contribution in [0.5, 0.6) is 0 Å². The van der Waals surface area contributed by atoms with Gasteiger partial charge in [-0.05, 0) is 36.4 Å². The van der Waals surface area contributed by atoms with Gasteiger partial charge in [-0.1, -0.05) is 36.4 Å². The number of thiophene rings is 1. The van der Waals surface area contributed by atoms with Crippen LogP contribution in [0.4, 0.5) is 0 Å². The molecule has 0 bridgehead atoms. The number of carbonyl (C=O) groups is 1. The van der Waals surface area contributed by atoms with Crippen molar-refractivity contribution in [1.29, 1.82) is 0 Å². The van der Waals surface area contributed by atoms with E-state index in [9.17, 15) is 4.79 Å². The van der Waals surface area contributed by atoms with Crippen molar-refractivity contribution in [3.8, 4) is 0 Å². The summed E-state index contributed by atoms with van der Waals surface area (Å²) >= 11 is 1.69. The topological polar surface area (TPSA) is 32.3 Å². The highest BCUT2D eigenvalue weighted by Gasteiger charge is 2.25. The normalized spacial score (nSPS) is 19.0. The van der Waals surface area contributed by atoms with Gasteiger partial charge in [-0.3, -0.25) is 9.69 Å². The zero-order valence-electron chi connectivity index (χ0n) is 12.7. The van der Waals surface area contributed by atoms with Crippen LogP contribution in [-0.2, 0) is 17.9 Å². The van der Waals surface area contributed by atoms with Gasteiger partial charge in [0.05, 0.1) is 12.5 Å². The summed E-state index contributed by atoms with van der Waals surface area (Å²) in [4.78, 5) is 16.0. The molecule has 3 nitrogen and oxygen atoms in total. The van der Waals surface area contributed by atoms with Crippen LogP contribution >= 0.6 is 11.3 Å². The van der Waals surface area contributed by atoms with Crippen molar-refractivity contribution in [1.82, 2.24) is 10.2 Å². The highest BCUT2D eigenvalue weighted by atomic mass is 32.1. The molecule has 116 valence electrons. The van der Waals surface area contributed by atoms with Crippen molar-refractivity contribution in [3.05, 3.63) is 58.3 Å². The fraction of sp³-hybridized carbons (Fsp3) is 0.389. The van der Waals surface area contributed by atoms with E-state index >= 15 is 0 Å². The smallest absolute Gasteiger partial charge is 0.224 e. The summed E-state index contributed by atoms with van der Waals surface area (Å²) in [5.41, 5.74) is 1.32. The highest BCUT2D eigenvalue weighted by molar-refractivity contribution is 7.09. The van der Waals surface area contributed by atoms with E-state index in [1.54, 1.807) is 11.3 Å². The molecular weight excluding hydrogens is 292 g/mol. The highest BCUT2D eigenvalue weighted by Crippen LogP contribution is 2.19. The molecule has 1 aliphatic heterocycles. The Bertz CT molecular complexity index is 582. The average molecular weight is 314 g/mol. The van der Waals surface area contributed by atoms with Gasteiger partial charge in [0, 0.05) is 18.0 Å². The molecule has 1 amide bonds. The van der Waals surface area contributed by atoms with Crippen LogP contribution in [0.3, 0.4) is 0 Å². The minimum Gasteiger partial charge on any atom is -0.351 e. The molecular formula is C18H22N2OS. The Balaban J connectivity index is 1.50. The molecule has 0 aliphatic carbocycles. The Hall–Kier alpha value is -1.65. The monoisotopic (exact) mass is 314 g/mol. The number of hydrogen-bond acceptors (Lipinski definition) is 3. The zero-order valence-corrected chi connectivity index (χ0v) is 13.5. The summed E-state index contributed by atoms with van der Waals surface area (Å²) < 4.78 is 0. The molecule has 0 radical (unpaired) electrons. The third-order valence-electron chi connectivity index (χ3n) is 4.14. The minimum absolute atomic E-state index is 0.123. The van der Waals surface area contributed by atoms with Gasteiger partial charge in [0.1, 0.15) is 0 Å². The molecule has 1 fully saturated rings. The SMILES string of the molecule is O=C(NCc1cccs1)C1CCCN(Cc2ccccc2)C1. The van der Waals surface area contributed by atoms with Gasteiger partial charge < -0.3 is 5.32 Å². The average Bonchev–Trinajstić information content (AvgIpc) is 3.07. The van der Waals surface area contributed by atoms with E-state index in [1.807, 2.05) is 17.5 Å². The lowest BCUT2D eigenvalue weighted by molar-refractivity contribution is -0.126. The maximum Gasteiger partial charge on any atom is 0.224 e. The molecule has 0 saturated carbocycles. The maximum atomic E-state index is 12.4. The van der Waals surface area contributed by atoms with Gasteiger partial charge in [0.2, 0.25) is 5.91 Å². The molecule has 4 heteroatoms. The van der Waals surface area contributed by atoms with Crippen LogP contribution in [0.1, 0.15) is 23.3 Å². The van der Waals surface area contributed by atoms with Crippen molar-refractivity contribution in [2.24, 2.45) is 5.92 Å². The number of nitrogens with one attached hydrogen (secondary N) is 1. The van der Waals surface area contributed by atoms with Crippen LogP contribution in [0, 0.1) is 5.92 Å². The predicted molar refractivity (Wildman–Crippen MR) is 90.6 cm³/mol. The Morgan fingerprint density at radius 1 is 1.23 bits per heavy atom. The molecule has 1 unspecified atom stereocenters. The van der Waals surface area contributed by atoms with Crippen molar-refractivity contribution in [2.45, 2.75) is 25.9 Å².